The van der Waals surface area contributed by atoms with Crippen LogP contribution in [-0.2, 0) is 13.6 Å². The fraction of sp³-hybridized carbons (Fsp3) is 0.259. The van der Waals surface area contributed by atoms with Crippen LogP contribution in [0.5, 0.6) is 0 Å². The minimum absolute atomic E-state index is 0.271. The van der Waals surface area contributed by atoms with Crippen molar-refractivity contribution in [3.05, 3.63) is 59.7 Å². The Morgan fingerprint density at radius 1 is 0.824 bits per heavy atom. The fourth-order valence-corrected chi connectivity index (χ4v) is 5.71. The van der Waals surface area contributed by atoms with Crippen molar-refractivity contribution < 1.29 is 14.7 Å². The molecule has 1 aliphatic rings. The summed E-state index contributed by atoms with van der Waals surface area (Å²) in [5.74, 6) is -0.552. The molecule has 2 aromatic heterocycles. The summed E-state index contributed by atoms with van der Waals surface area (Å²) >= 11 is 0. The Morgan fingerprint density at radius 2 is 1.35 bits per heavy atom. The highest BCUT2D eigenvalue weighted by molar-refractivity contribution is 6.39. The number of nitrogens with zero attached hydrogens (tertiary/aromatic N) is 4. The number of hydrogen-bond acceptors (Lipinski definition) is 4. The van der Waals surface area contributed by atoms with Gasteiger partial charge in [0.1, 0.15) is 0 Å². The molecule has 0 saturated heterocycles. The second-order valence-electron chi connectivity index (χ2n) is 9.49. The molecule has 0 bridgehead atoms. The second-order valence-corrected chi connectivity index (χ2v) is 9.49. The molecule has 3 heterocycles. The molecule has 3 aromatic carbocycles. The van der Waals surface area contributed by atoms with E-state index in [-0.39, 0.29) is 11.8 Å². The van der Waals surface area contributed by atoms with Crippen LogP contribution in [0.25, 0.3) is 43.6 Å². The zero-order valence-electron chi connectivity index (χ0n) is 19.7. The lowest BCUT2D eigenvalue weighted by molar-refractivity contribution is 0.0694. The quantitative estimate of drug-likeness (QED) is 0.422. The third kappa shape index (κ3) is 2.59. The van der Waals surface area contributed by atoms with E-state index in [1.807, 2.05) is 74.6 Å². The van der Waals surface area contributed by atoms with Gasteiger partial charge in [0, 0.05) is 53.2 Å². The number of hydrogen-bond donors (Lipinski definition) is 1. The third-order valence-corrected chi connectivity index (χ3v) is 7.06. The lowest BCUT2D eigenvalue weighted by Crippen LogP contribution is -2.29. The van der Waals surface area contributed by atoms with Gasteiger partial charge in [0.05, 0.1) is 34.8 Å². The van der Waals surface area contributed by atoms with Crippen LogP contribution in [0.4, 0.5) is 0 Å². The average Bonchev–Trinajstić information content (AvgIpc) is 3.37. The lowest BCUT2D eigenvalue weighted by atomic mass is 9.96. The first-order valence-corrected chi connectivity index (χ1v) is 11.4. The predicted octanol–water partition coefficient (Wildman–Crippen LogP) is 3.59. The molecule has 0 aliphatic carbocycles. The molecular formula is C27H26N4O3. The molecule has 6 rings (SSSR count). The molecule has 0 spiro atoms. The van der Waals surface area contributed by atoms with Crippen molar-refractivity contribution >= 4 is 55.4 Å². The summed E-state index contributed by atoms with van der Waals surface area (Å²) in [6.45, 7) is 0.882. The molecule has 1 atom stereocenters. The Balaban J connectivity index is 1.88. The number of rotatable bonds is 4. The van der Waals surface area contributed by atoms with Crippen molar-refractivity contribution in [3.63, 3.8) is 0 Å². The first kappa shape index (κ1) is 20.9. The van der Waals surface area contributed by atoms with Crippen molar-refractivity contribution in [3.8, 4) is 0 Å². The average molecular weight is 455 g/mol. The van der Waals surface area contributed by atoms with Gasteiger partial charge in [-0.3, -0.25) is 14.5 Å². The molecule has 0 saturated carbocycles. The van der Waals surface area contributed by atoms with Gasteiger partial charge >= 0.3 is 0 Å². The number of imide groups is 1. The lowest BCUT2D eigenvalue weighted by Gasteiger charge is -2.18. The van der Waals surface area contributed by atoms with Crippen molar-refractivity contribution in [1.82, 2.24) is 18.9 Å². The second kappa shape index (κ2) is 7.16. The maximum Gasteiger partial charge on any atom is 0.262 e. The van der Waals surface area contributed by atoms with Gasteiger partial charge in [-0.15, -0.1) is 0 Å². The van der Waals surface area contributed by atoms with E-state index in [1.165, 1.54) is 4.90 Å². The minimum atomic E-state index is -0.605. The van der Waals surface area contributed by atoms with Crippen LogP contribution < -0.4 is 0 Å². The summed E-state index contributed by atoms with van der Waals surface area (Å²) in [6.07, 6.45) is -0.605. The summed E-state index contributed by atoms with van der Waals surface area (Å²) in [6, 6.07) is 15.9. The molecule has 7 heteroatoms. The molecule has 34 heavy (non-hydrogen) atoms. The summed E-state index contributed by atoms with van der Waals surface area (Å²) in [4.78, 5) is 30.0. The molecule has 1 unspecified atom stereocenters. The van der Waals surface area contributed by atoms with E-state index in [4.69, 9.17) is 0 Å². The molecule has 1 aliphatic heterocycles. The number of amides is 2. The number of carbonyl (C=O) groups is 2. The molecule has 7 nitrogen and oxygen atoms in total. The highest BCUT2D eigenvalue weighted by Crippen LogP contribution is 2.45. The Kier molecular flexibility index (Phi) is 4.40. The van der Waals surface area contributed by atoms with E-state index in [0.717, 1.165) is 43.6 Å². The topological polar surface area (TPSA) is 70.7 Å². The molecule has 0 radical (unpaired) electrons. The van der Waals surface area contributed by atoms with Crippen LogP contribution in [0.1, 0.15) is 20.7 Å². The van der Waals surface area contributed by atoms with E-state index < -0.39 is 6.10 Å². The smallest absolute Gasteiger partial charge is 0.262 e. The van der Waals surface area contributed by atoms with Crippen LogP contribution in [0.3, 0.4) is 0 Å². The van der Waals surface area contributed by atoms with Gasteiger partial charge in [-0.25, -0.2) is 0 Å². The zero-order valence-corrected chi connectivity index (χ0v) is 19.7. The fourth-order valence-electron chi connectivity index (χ4n) is 5.71. The molecular weight excluding hydrogens is 428 g/mol. The van der Waals surface area contributed by atoms with E-state index in [0.29, 0.717) is 24.2 Å². The highest BCUT2D eigenvalue weighted by Gasteiger charge is 2.40. The number of fused-ring (bicyclic) bond motifs is 10. The van der Waals surface area contributed by atoms with Crippen LogP contribution in [0.2, 0.25) is 0 Å². The van der Waals surface area contributed by atoms with Gasteiger partial charge in [0.15, 0.2) is 0 Å². The largest absolute Gasteiger partial charge is 0.390 e. The van der Waals surface area contributed by atoms with Gasteiger partial charge in [-0.1, -0.05) is 36.4 Å². The summed E-state index contributed by atoms with van der Waals surface area (Å²) in [5.41, 5.74) is 4.65. The van der Waals surface area contributed by atoms with E-state index in [1.54, 1.807) is 7.05 Å². The van der Waals surface area contributed by atoms with Crippen molar-refractivity contribution in [2.75, 3.05) is 27.7 Å². The van der Waals surface area contributed by atoms with E-state index >= 15 is 0 Å². The predicted molar refractivity (Wildman–Crippen MR) is 134 cm³/mol. The van der Waals surface area contributed by atoms with Crippen LogP contribution >= 0.6 is 0 Å². The van der Waals surface area contributed by atoms with Crippen LogP contribution in [-0.4, -0.2) is 69.6 Å². The number of aliphatic hydroxyl groups excluding tert-OH is 1. The maximum atomic E-state index is 13.5. The van der Waals surface area contributed by atoms with E-state index in [2.05, 4.69) is 9.13 Å². The van der Waals surface area contributed by atoms with E-state index in [9.17, 15) is 14.7 Å². The van der Waals surface area contributed by atoms with Gasteiger partial charge in [-0.05, 0) is 26.2 Å². The van der Waals surface area contributed by atoms with Crippen molar-refractivity contribution in [2.24, 2.45) is 7.05 Å². The zero-order chi connectivity index (χ0) is 23.9. The Hall–Kier alpha value is -3.68. The summed E-state index contributed by atoms with van der Waals surface area (Å²) in [7, 11) is 7.42. The minimum Gasteiger partial charge on any atom is -0.390 e. The normalized spacial score (nSPS) is 15.1. The number of aliphatic hydroxyl groups is 1. The number of para-hydroxylation sites is 2. The number of likely N-dealkylation sites (N-methyl/N-ethyl adjacent to an activating group) is 1. The number of carbonyl (C=O) groups excluding carboxylic acids is 2. The monoisotopic (exact) mass is 454 g/mol. The summed E-state index contributed by atoms with van der Waals surface area (Å²) in [5, 5.41) is 14.4. The summed E-state index contributed by atoms with van der Waals surface area (Å²) < 4.78 is 4.23. The van der Waals surface area contributed by atoms with Gasteiger partial charge in [-0.2, -0.15) is 0 Å². The Morgan fingerprint density at radius 3 is 1.97 bits per heavy atom. The van der Waals surface area contributed by atoms with Gasteiger partial charge < -0.3 is 19.1 Å². The molecule has 0 fully saturated rings. The highest BCUT2D eigenvalue weighted by atomic mass is 16.3. The first-order valence-electron chi connectivity index (χ1n) is 11.4. The number of aryl methyl sites for hydroxylation is 1. The van der Waals surface area contributed by atoms with Gasteiger partial charge in [0.2, 0.25) is 0 Å². The number of benzene rings is 3. The Labute approximate surface area is 196 Å². The molecule has 172 valence electrons. The van der Waals surface area contributed by atoms with Crippen LogP contribution in [0, 0.1) is 0 Å². The molecule has 2 amide bonds. The number of aromatic nitrogens is 2. The Bertz CT molecular complexity index is 1670. The third-order valence-electron chi connectivity index (χ3n) is 7.06. The van der Waals surface area contributed by atoms with Crippen molar-refractivity contribution in [2.45, 2.75) is 12.6 Å². The van der Waals surface area contributed by atoms with Gasteiger partial charge in [0.25, 0.3) is 11.8 Å². The SMILES string of the molecule is CN(C)CC(O)Cn1c2ccccc2c2c3c(c4c5ccccc5n(C)c4c21)C(=O)N(C)C3=O. The van der Waals surface area contributed by atoms with Crippen LogP contribution in [0.15, 0.2) is 48.5 Å². The first-order chi connectivity index (χ1) is 16.3. The maximum absolute atomic E-state index is 13.5. The standard InChI is InChI=1S/C27H26N4O3/c1-28(2)13-15(32)14-31-19-12-8-6-10-17(19)21-23-22(26(33)30(4)27(23)34)20-16-9-5-7-11-18(16)29(3)24(20)25(21)31/h5-12,15,32H,13-14H2,1-4H3. The van der Waals surface area contributed by atoms with Crippen molar-refractivity contribution in [1.29, 1.82) is 0 Å². The molecule has 1 N–H and O–H groups in total. The molecule has 5 aromatic rings.